The molecule has 8 nitrogen and oxygen atoms in total. The first-order chi connectivity index (χ1) is 16.3. The molecule has 4 rings (SSSR count). The normalized spacial score (nSPS) is 45.0. The van der Waals surface area contributed by atoms with E-state index in [4.69, 9.17) is 0 Å². The maximum atomic E-state index is 12.2. The van der Waals surface area contributed by atoms with Crippen LogP contribution < -0.4 is 34.9 Å². The Balaban J connectivity index is 0.00000361. The minimum Gasteiger partial charge on any atom is -0.748 e. The van der Waals surface area contributed by atoms with E-state index in [1.807, 2.05) is 0 Å². The van der Waals surface area contributed by atoms with E-state index in [1.165, 1.54) is 0 Å². The fourth-order valence-electron chi connectivity index (χ4n) is 9.10. The Morgan fingerprint density at radius 1 is 1.08 bits per heavy atom. The predicted octanol–water partition coefficient (Wildman–Crippen LogP) is -0.970. The van der Waals surface area contributed by atoms with Crippen molar-refractivity contribution < 1.29 is 62.6 Å². The van der Waals surface area contributed by atoms with Crippen molar-refractivity contribution in [3.63, 3.8) is 0 Å². The third-order valence-corrected chi connectivity index (χ3v) is 11.7. The zero-order valence-corrected chi connectivity index (χ0v) is 25.2. The number of amides is 1. The fraction of sp³-hybridized carbons (Fsp3) is 0.962. The number of aliphatic hydroxyl groups excluding tert-OH is 3. The largest absolute Gasteiger partial charge is 1.00 e. The quantitative estimate of drug-likeness (QED) is 0.241. The first kappa shape index (κ1) is 30.8. The molecule has 4 aliphatic rings. The van der Waals surface area contributed by atoms with Gasteiger partial charge in [-0.25, -0.2) is 8.42 Å². The van der Waals surface area contributed by atoms with Gasteiger partial charge >= 0.3 is 29.6 Å². The molecule has 0 aromatic carbocycles. The van der Waals surface area contributed by atoms with Crippen molar-refractivity contribution in [3.05, 3.63) is 0 Å². The van der Waals surface area contributed by atoms with Gasteiger partial charge in [0.1, 0.15) is 0 Å². The van der Waals surface area contributed by atoms with Gasteiger partial charge in [0.15, 0.2) is 0 Å². The Labute approximate surface area is 238 Å². The summed E-state index contributed by atoms with van der Waals surface area (Å²) in [5.74, 6) is 0.522. The van der Waals surface area contributed by atoms with Crippen LogP contribution in [0.15, 0.2) is 0 Å². The summed E-state index contributed by atoms with van der Waals surface area (Å²) in [5, 5.41) is 35.7. The maximum Gasteiger partial charge on any atom is 1.00 e. The monoisotopic (exact) mass is 537 g/mol. The molecule has 1 amide bonds. The number of carbonyl (C=O) groups excluding carboxylic acids is 1. The van der Waals surface area contributed by atoms with Crippen molar-refractivity contribution in [1.82, 2.24) is 5.32 Å². The van der Waals surface area contributed by atoms with Crippen LogP contribution in [-0.4, -0.2) is 64.8 Å². The summed E-state index contributed by atoms with van der Waals surface area (Å²) in [6.07, 6.45) is 5.58. The second kappa shape index (κ2) is 11.4. The Bertz CT molecular complexity index is 903. The molecule has 0 spiro atoms. The van der Waals surface area contributed by atoms with Crippen LogP contribution in [-0.2, 0) is 14.9 Å². The van der Waals surface area contributed by atoms with E-state index in [1.54, 1.807) is 0 Å². The van der Waals surface area contributed by atoms with Gasteiger partial charge in [0.25, 0.3) is 0 Å². The van der Waals surface area contributed by atoms with Crippen LogP contribution in [0.25, 0.3) is 0 Å². The second-order valence-electron chi connectivity index (χ2n) is 12.7. The van der Waals surface area contributed by atoms with Crippen molar-refractivity contribution in [2.24, 2.45) is 46.3 Å². The summed E-state index contributed by atoms with van der Waals surface area (Å²) in [7, 11) is -4.35. The van der Waals surface area contributed by atoms with E-state index in [-0.39, 0.29) is 95.0 Å². The standard InChI is InChI=1S/C26H45NO7S.Na/c1-15(4-7-23(31)27-10-11-35(32,33)34)18-5-6-19-24-20(14-22(30)26(18,19)3)25(2)9-8-17(28)12-16(25)13-21(24)29;/h15-22,24,28-30H,4-14H2,1-3H3,(H,27,31)(H,32,33,34);/q;+1/p-1/t15-,16+,17-,18-,19?,20?,21-,22+,24?,25+,26-;/m1./s1. The molecule has 4 fully saturated rings. The molecule has 0 aromatic rings. The SMILES string of the molecule is C[C@H](CCC(=O)NCCS(=O)(=O)[O-])[C@H]1CCC2C3C(C[C@H](O)[C@@]21C)[C@@]1(C)CC[C@@H](O)C[C@H]1C[C@H]3O.[Na+]. The van der Waals surface area contributed by atoms with Crippen LogP contribution in [0.1, 0.15) is 78.6 Å². The minimum atomic E-state index is -4.35. The molecule has 11 atom stereocenters. The third kappa shape index (κ3) is 5.74. The average Bonchev–Trinajstić information content (AvgIpc) is 3.12. The molecule has 10 heteroatoms. The van der Waals surface area contributed by atoms with Crippen LogP contribution in [0.3, 0.4) is 0 Å². The molecule has 202 valence electrons. The predicted molar refractivity (Wildman–Crippen MR) is 130 cm³/mol. The molecule has 4 N–H and O–H groups in total. The van der Waals surface area contributed by atoms with E-state index in [0.717, 1.165) is 38.5 Å². The van der Waals surface area contributed by atoms with Gasteiger partial charge in [-0.1, -0.05) is 20.8 Å². The first-order valence-electron chi connectivity index (χ1n) is 13.5. The number of fused-ring (bicyclic) bond motifs is 5. The van der Waals surface area contributed by atoms with Gasteiger partial charge in [-0.15, -0.1) is 0 Å². The molecule has 0 aromatic heterocycles. The van der Waals surface area contributed by atoms with E-state index < -0.39 is 28.1 Å². The molecule has 4 saturated carbocycles. The van der Waals surface area contributed by atoms with Gasteiger partial charge in [0.05, 0.1) is 34.2 Å². The van der Waals surface area contributed by atoms with E-state index >= 15 is 0 Å². The van der Waals surface area contributed by atoms with Gasteiger partial charge in [0, 0.05) is 13.0 Å². The number of aliphatic hydroxyl groups is 3. The fourth-order valence-corrected chi connectivity index (χ4v) is 9.45. The average molecular weight is 538 g/mol. The Morgan fingerprint density at radius 2 is 1.78 bits per heavy atom. The van der Waals surface area contributed by atoms with E-state index in [2.05, 4.69) is 26.1 Å². The van der Waals surface area contributed by atoms with Crippen molar-refractivity contribution in [2.45, 2.75) is 96.9 Å². The van der Waals surface area contributed by atoms with Crippen molar-refractivity contribution in [3.8, 4) is 0 Å². The number of rotatable bonds is 7. The molecule has 36 heavy (non-hydrogen) atoms. The van der Waals surface area contributed by atoms with E-state index in [9.17, 15) is 33.1 Å². The van der Waals surface area contributed by atoms with E-state index in [0.29, 0.717) is 18.8 Å². The smallest absolute Gasteiger partial charge is 0.748 e. The Kier molecular flexibility index (Phi) is 9.75. The van der Waals surface area contributed by atoms with Crippen LogP contribution in [0.5, 0.6) is 0 Å². The topological polar surface area (TPSA) is 147 Å². The number of hydrogen-bond acceptors (Lipinski definition) is 7. The summed E-state index contributed by atoms with van der Waals surface area (Å²) in [6, 6.07) is 0. The molecule has 0 radical (unpaired) electrons. The Morgan fingerprint density at radius 3 is 2.44 bits per heavy atom. The van der Waals surface area contributed by atoms with Gasteiger partial charge in [-0.3, -0.25) is 4.79 Å². The third-order valence-electron chi connectivity index (χ3n) is 11.0. The molecular formula is C26H44NNaO7S. The zero-order valence-electron chi connectivity index (χ0n) is 22.4. The van der Waals surface area contributed by atoms with Gasteiger partial charge in [0.2, 0.25) is 5.91 Å². The van der Waals surface area contributed by atoms with Gasteiger partial charge in [-0.2, -0.15) is 0 Å². The minimum absolute atomic E-state index is 0. The van der Waals surface area contributed by atoms with Crippen molar-refractivity contribution in [1.29, 1.82) is 0 Å². The Hall–Kier alpha value is 0.260. The van der Waals surface area contributed by atoms with Crippen molar-refractivity contribution >= 4 is 16.0 Å². The number of hydrogen-bond donors (Lipinski definition) is 4. The molecule has 0 saturated heterocycles. The maximum absolute atomic E-state index is 12.2. The van der Waals surface area contributed by atoms with Gasteiger partial charge < -0.3 is 25.2 Å². The summed E-state index contributed by atoms with van der Waals surface area (Å²) < 4.78 is 32.2. The van der Waals surface area contributed by atoms with Crippen LogP contribution in [0, 0.1) is 46.3 Å². The van der Waals surface area contributed by atoms with Crippen LogP contribution in [0.2, 0.25) is 0 Å². The molecular weight excluding hydrogens is 493 g/mol. The van der Waals surface area contributed by atoms with Gasteiger partial charge in [-0.05, 0) is 97.7 Å². The summed E-state index contributed by atoms with van der Waals surface area (Å²) in [6.45, 7) is 6.48. The summed E-state index contributed by atoms with van der Waals surface area (Å²) in [5.41, 5.74) is -0.267. The summed E-state index contributed by atoms with van der Waals surface area (Å²) in [4.78, 5) is 12.2. The summed E-state index contributed by atoms with van der Waals surface area (Å²) >= 11 is 0. The zero-order chi connectivity index (χ0) is 25.8. The molecule has 0 heterocycles. The second-order valence-corrected chi connectivity index (χ2v) is 14.2. The number of carbonyl (C=O) groups is 1. The molecule has 4 aliphatic carbocycles. The van der Waals surface area contributed by atoms with Crippen LogP contribution in [0.4, 0.5) is 0 Å². The number of nitrogens with one attached hydrogen (secondary N) is 1. The van der Waals surface area contributed by atoms with Crippen molar-refractivity contribution in [2.75, 3.05) is 12.3 Å². The molecule has 3 unspecified atom stereocenters. The molecule has 0 bridgehead atoms. The first-order valence-corrected chi connectivity index (χ1v) is 15.1. The van der Waals surface area contributed by atoms with Crippen LogP contribution >= 0.6 is 0 Å². The molecule has 0 aliphatic heterocycles.